The summed E-state index contributed by atoms with van der Waals surface area (Å²) < 4.78 is 1.70. The summed E-state index contributed by atoms with van der Waals surface area (Å²) in [6.45, 7) is 8.72. The van der Waals surface area contributed by atoms with E-state index in [9.17, 15) is 4.79 Å². The highest BCUT2D eigenvalue weighted by Gasteiger charge is 2.26. The second kappa shape index (κ2) is 7.38. The van der Waals surface area contributed by atoms with E-state index in [0.717, 1.165) is 35.9 Å². The molecule has 144 valence electrons. The molecule has 1 aliphatic heterocycles. The topological polar surface area (TPSA) is 80.0 Å². The Hall–Kier alpha value is -3.29. The first kappa shape index (κ1) is 18.1. The Morgan fingerprint density at radius 3 is 2.50 bits per heavy atom. The average molecular weight is 377 g/mol. The van der Waals surface area contributed by atoms with Crippen LogP contribution < -0.4 is 4.90 Å². The summed E-state index contributed by atoms with van der Waals surface area (Å²) in [6, 6.07) is 5.63. The predicted molar refractivity (Wildman–Crippen MR) is 106 cm³/mol. The van der Waals surface area contributed by atoms with Crippen LogP contribution in [-0.2, 0) is 0 Å². The fourth-order valence-electron chi connectivity index (χ4n) is 3.47. The lowest BCUT2D eigenvalue weighted by atomic mass is 10.2. The number of nitrogens with zero attached hydrogens (tertiary/aromatic N) is 7. The molecule has 0 N–H and O–H groups in total. The van der Waals surface area contributed by atoms with E-state index in [0.29, 0.717) is 24.5 Å². The molecule has 0 aromatic carbocycles. The van der Waals surface area contributed by atoms with Gasteiger partial charge in [-0.1, -0.05) is 6.07 Å². The van der Waals surface area contributed by atoms with Crippen molar-refractivity contribution >= 4 is 11.7 Å². The van der Waals surface area contributed by atoms with Crippen LogP contribution in [0.2, 0.25) is 0 Å². The Balaban J connectivity index is 1.48. The molecule has 0 spiro atoms. The van der Waals surface area contributed by atoms with E-state index in [1.807, 2.05) is 43.9 Å². The minimum absolute atomic E-state index is 0.00919. The molecule has 28 heavy (non-hydrogen) atoms. The van der Waals surface area contributed by atoms with Crippen molar-refractivity contribution in [2.45, 2.75) is 20.8 Å². The lowest BCUT2D eigenvalue weighted by Crippen LogP contribution is -2.49. The maximum atomic E-state index is 13.0. The first-order valence-electron chi connectivity index (χ1n) is 9.34. The van der Waals surface area contributed by atoms with Crippen LogP contribution in [0.25, 0.3) is 5.82 Å². The molecular weight excluding hydrogens is 354 g/mol. The second-order valence-electron chi connectivity index (χ2n) is 6.93. The zero-order valence-corrected chi connectivity index (χ0v) is 16.3. The molecule has 8 nitrogen and oxygen atoms in total. The molecule has 4 heterocycles. The molecular formula is C20H23N7O. The number of piperazine rings is 1. The third kappa shape index (κ3) is 3.21. The molecule has 1 fully saturated rings. The molecule has 4 rings (SSSR count). The van der Waals surface area contributed by atoms with E-state index in [1.165, 1.54) is 0 Å². The number of anilines is 1. The number of aromatic nitrogens is 5. The molecule has 3 aromatic heterocycles. The average Bonchev–Trinajstić information content (AvgIpc) is 3.11. The summed E-state index contributed by atoms with van der Waals surface area (Å²) in [6.07, 6.45) is 4.95. The lowest BCUT2D eigenvalue weighted by molar-refractivity contribution is 0.0745. The Morgan fingerprint density at radius 1 is 1.00 bits per heavy atom. The SMILES string of the molecule is Cc1ncnc(N2CCN(C(=O)c3cnn(-c4ccccn4)c3C)CC2)c1C. The zero-order chi connectivity index (χ0) is 19.7. The van der Waals surface area contributed by atoms with Crippen molar-refractivity contribution in [1.82, 2.24) is 29.6 Å². The van der Waals surface area contributed by atoms with Crippen molar-refractivity contribution in [3.63, 3.8) is 0 Å². The van der Waals surface area contributed by atoms with Crippen molar-refractivity contribution in [2.24, 2.45) is 0 Å². The Morgan fingerprint density at radius 2 is 1.79 bits per heavy atom. The van der Waals surface area contributed by atoms with Gasteiger partial charge in [-0.2, -0.15) is 5.10 Å². The van der Waals surface area contributed by atoms with Gasteiger partial charge in [0.25, 0.3) is 5.91 Å². The van der Waals surface area contributed by atoms with E-state index >= 15 is 0 Å². The van der Waals surface area contributed by atoms with Gasteiger partial charge in [0.15, 0.2) is 5.82 Å². The summed E-state index contributed by atoms with van der Waals surface area (Å²) in [5.41, 5.74) is 3.50. The van der Waals surface area contributed by atoms with E-state index in [-0.39, 0.29) is 5.91 Å². The highest BCUT2D eigenvalue weighted by molar-refractivity contribution is 5.95. The van der Waals surface area contributed by atoms with Crippen LogP contribution in [0.3, 0.4) is 0 Å². The molecule has 1 saturated heterocycles. The van der Waals surface area contributed by atoms with Gasteiger partial charge in [0.05, 0.1) is 17.5 Å². The van der Waals surface area contributed by atoms with Crippen LogP contribution >= 0.6 is 0 Å². The quantitative estimate of drug-likeness (QED) is 0.694. The first-order chi connectivity index (χ1) is 13.6. The van der Waals surface area contributed by atoms with E-state index in [4.69, 9.17) is 0 Å². The zero-order valence-electron chi connectivity index (χ0n) is 16.3. The number of hydrogen-bond acceptors (Lipinski definition) is 6. The van der Waals surface area contributed by atoms with Gasteiger partial charge >= 0.3 is 0 Å². The van der Waals surface area contributed by atoms with Crippen LogP contribution in [0.1, 0.15) is 27.3 Å². The summed E-state index contributed by atoms with van der Waals surface area (Å²) in [5.74, 6) is 1.67. The first-order valence-corrected chi connectivity index (χ1v) is 9.34. The Labute approximate surface area is 163 Å². The standard InChI is InChI=1S/C20H23N7O/c1-14-15(2)22-13-23-19(14)25-8-10-26(11-9-25)20(28)17-12-24-27(16(17)3)18-6-4-5-7-21-18/h4-7,12-13H,8-11H2,1-3H3. The van der Waals surface area contributed by atoms with Crippen molar-refractivity contribution in [2.75, 3.05) is 31.1 Å². The molecule has 0 aliphatic carbocycles. The van der Waals surface area contributed by atoms with Crippen molar-refractivity contribution in [3.05, 3.63) is 59.4 Å². The summed E-state index contributed by atoms with van der Waals surface area (Å²) in [7, 11) is 0. The van der Waals surface area contributed by atoms with Gasteiger partial charge in [-0.25, -0.2) is 19.6 Å². The molecule has 0 unspecified atom stereocenters. The van der Waals surface area contributed by atoms with Gasteiger partial charge in [0.2, 0.25) is 0 Å². The van der Waals surface area contributed by atoms with Gasteiger partial charge < -0.3 is 9.80 Å². The van der Waals surface area contributed by atoms with E-state index in [1.54, 1.807) is 23.4 Å². The van der Waals surface area contributed by atoms with Gasteiger partial charge in [-0.3, -0.25) is 4.79 Å². The fraction of sp³-hybridized carbons (Fsp3) is 0.350. The molecule has 0 bridgehead atoms. The number of aryl methyl sites for hydroxylation is 1. The lowest BCUT2D eigenvalue weighted by Gasteiger charge is -2.36. The Kier molecular flexibility index (Phi) is 4.77. The number of hydrogen-bond donors (Lipinski definition) is 0. The molecule has 1 amide bonds. The Bertz CT molecular complexity index is 991. The van der Waals surface area contributed by atoms with Crippen LogP contribution in [-0.4, -0.2) is 61.7 Å². The number of amides is 1. The molecule has 0 atom stereocenters. The number of carbonyl (C=O) groups excluding carboxylic acids is 1. The van der Waals surface area contributed by atoms with E-state index in [2.05, 4.69) is 25.0 Å². The molecule has 0 radical (unpaired) electrons. The third-order valence-corrected chi connectivity index (χ3v) is 5.28. The van der Waals surface area contributed by atoms with Gasteiger partial charge in [0, 0.05) is 43.6 Å². The monoisotopic (exact) mass is 377 g/mol. The smallest absolute Gasteiger partial charge is 0.257 e. The largest absolute Gasteiger partial charge is 0.353 e. The highest BCUT2D eigenvalue weighted by Crippen LogP contribution is 2.21. The molecule has 8 heteroatoms. The summed E-state index contributed by atoms with van der Waals surface area (Å²) >= 11 is 0. The van der Waals surface area contributed by atoms with Crippen LogP contribution in [0.5, 0.6) is 0 Å². The molecule has 1 aliphatic rings. The maximum absolute atomic E-state index is 13.0. The van der Waals surface area contributed by atoms with Crippen LogP contribution in [0.4, 0.5) is 5.82 Å². The fourth-order valence-corrected chi connectivity index (χ4v) is 3.47. The normalized spacial score (nSPS) is 14.4. The number of pyridine rings is 1. The number of carbonyl (C=O) groups is 1. The minimum Gasteiger partial charge on any atom is -0.353 e. The maximum Gasteiger partial charge on any atom is 0.257 e. The van der Waals surface area contributed by atoms with Crippen LogP contribution in [0.15, 0.2) is 36.9 Å². The van der Waals surface area contributed by atoms with Gasteiger partial charge in [0.1, 0.15) is 12.1 Å². The summed E-state index contributed by atoms with van der Waals surface area (Å²) in [4.78, 5) is 30.1. The third-order valence-electron chi connectivity index (χ3n) is 5.28. The van der Waals surface area contributed by atoms with Crippen molar-refractivity contribution < 1.29 is 4.79 Å². The number of rotatable bonds is 3. The van der Waals surface area contributed by atoms with E-state index < -0.39 is 0 Å². The van der Waals surface area contributed by atoms with Crippen LogP contribution in [0, 0.1) is 20.8 Å². The molecule has 3 aromatic rings. The minimum atomic E-state index is 0.00919. The van der Waals surface area contributed by atoms with Gasteiger partial charge in [-0.05, 0) is 32.9 Å². The van der Waals surface area contributed by atoms with Crippen molar-refractivity contribution in [1.29, 1.82) is 0 Å². The summed E-state index contributed by atoms with van der Waals surface area (Å²) in [5, 5.41) is 4.37. The second-order valence-corrected chi connectivity index (χ2v) is 6.93. The van der Waals surface area contributed by atoms with Gasteiger partial charge in [-0.15, -0.1) is 0 Å². The predicted octanol–water partition coefficient (Wildman–Crippen LogP) is 1.94. The van der Waals surface area contributed by atoms with Crippen molar-refractivity contribution in [3.8, 4) is 5.82 Å². The molecule has 0 saturated carbocycles. The highest BCUT2D eigenvalue weighted by atomic mass is 16.2.